The molecule has 0 bridgehead atoms. The highest BCUT2D eigenvalue weighted by Crippen LogP contribution is 2.33. The fourth-order valence-electron chi connectivity index (χ4n) is 3.38. The summed E-state index contributed by atoms with van der Waals surface area (Å²) in [6, 6.07) is 5.81. The van der Waals surface area contributed by atoms with Crippen LogP contribution in [0.2, 0.25) is 5.02 Å². The zero-order valence-electron chi connectivity index (χ0n) is 13.4. The third-order valence-electron chi connectivity index (χ3n) is 4.78. The van der Waals surface area contributed by atoms with Gasteiger partial charge >= 0.3 is 0 Å². The Balaban J connectivity index is 1.40. The number of morpholine rings is 1. The number of piperidine rings is 1. The van der Waals surface area contributed by atoms with Gasteiger partial charge in [0, 0.05) is 37.1 Å². The topological polar surface area (TPSA) is 45.7 Å². The molecule has 0 radical (unpaired) electrons. The zero-order valence-corrected chi connectivity index (χ0v) is 15.0. The molecule has 4 rings (SSSR count). The van der Waals surface area contributed by atoms with E-state index < -0.39 is 0 Å². The van der Waals surface area contributed by atoms with Gasteiger partial charge < -0.3 is 14.5 Å². The molecule has 2 fully saturated rings. The summed E-state index contributed by atoms with van der Waals surface area (Å²) in [7, 11) is 0. The highest BCUT2D eigenvalue weighted by molar-refractivity contribution is 7.22. The van der Waals surface area contributed by atoms with Crippen molar-refractivity contribution < 1.29 is 9.53 Å². The van der Waals surface area contributed by atoms with Gasteiger partial charge in [-0.25, -0.2) is 4.98 Å². The molecule has 3 heterocycles. The van der Waals surface area contributed by atoms with Crippen LogP contribution in [0.4, 0.5) is 5.13 Å². The number of carbonyl (C=O) groups is 1. The first-order valence-corrected chi connectivity index (χ1v) is 9.58. The molecule has 0 N–H and O–H groups in total. The Hall–Kier alpha value is -1.37. The molecule has 0 spiro atoms. The number of anilines is 1. The van der Waals surface area contributed by atoms with Crippen molar-refractivity contribution in [1.29, 1.82) is 0 Å². The molecule has 0 saturated carbocycles. The molecule has 1 aromatic carbocycles. The number of nitrogens with zero attached hydrogens (tertiary/aromatic N) is 3. The summed E-state index contributed by atoms with van der Waals surface area (Å²) in [4.78, 5) is 21.6. The Kier molecular flexibility index (Phi) is 4.61. The fraction of sp³-hybridized carbons (Fsp3) is 0.529. The van der Waals surface area contributed by atoms with Crippen molar-refractivity contribution in [3.63, 3.8) is 0 Å². The van der Waals surface area contributed by atoms with E-state index in [0.29, 0.717) is 19.1 Å². The first kappa shape index (κ1) is 16.1. The van der Waals surface area contributed by atoms with E-state index in [4.69, 9.17) is 21.3 Å². The lowest BCUT2D eigenvalue weighted by Crippen LogP contribution is -2.46. The highest BCUT2D eigenvalue weighted by atomic mass is 35.5. The molecule has 128 valence electrons. The van der Waals surface area contributed by atoms with Crippen LogP contribution in [-0.2, 0) is 9.53 Å². The second-order valence-corrected chi connectivity index (χ2v) is 7.75. The van der Waals surface area contributed by atoms with Crippen LogP contribution < -0.4 is 4.90 Å². The average Bonchev–Trinajstić information content (AvgIpc) is 3.05. The molecule has 1 aromatic heterocycles. The van der Waals surface area contributed by atoms with E-state index in [1.165, 1.54) is 0 Å². The summed E-state index contributed by atoms with van der Waals surface area (Å²) in [6.45, 7) is 4.57. The van der Waals surface area contributed by atoms with E-state index in [0.717, 1.165) is 59.4 Å². The predicted octanol–water partition coefficient (Wildman–Crippen LogP) is 3.02. The normalized spacial score (nSPS) is 19.9. The van der Waals surface area contributed by atoms with Crippen molar-refractivity contribution in [2.24, 2.45) is 5.92 Å². The first-order valence-electron chi connectivity index (χ1n) is 8.38. The zero-order chi connectivity index (χ0) is 16.5. The Labute approximate surface area is 150 Å². The maximum atomic E-state index is 12.6. The van der Waals surface area contributed by atoms with Crippen molar-refractivity contribution in [2.45, 2.75) is 12.8 Å². The Morgan fingerprint density at radius 2 is 1.96 bits per heavy atom. The molecule has 1 amide bonds. The SMILES string of the molecule is O=C(C1CCN(c2nc3ccc(Cl)cc3s2)CC1)N1CCOCC1. The van der Waals surface area contributed by atoms with Gasteiger partial charge in [0.05, 0.1) is 23.4 Å². The van der Waals surface area contributed by atoms with E-state index in [-0.39, 0.29) is 5.92 Å². The van der Waals surface area contributed by atoms with Gasteiger partial charge in [-0.3, -0.25) is 4.79 Å². The number of rotatable bonds is 2. The number of aromatic nitrogens is 1. The van der Waals surface area contributed by atoms with Gasteiger partial charge in [0.15, 0.2) is 5.13 Å². The summed E-state index contributed by atoms with van der Waals surface area (Å²) in [5.74, 6) is 0.442. The lowest BCUT2D eigenvalue weighted by atomic mass is 9.95. The van der Waals surface area contributed by atoms with Crippen molar-refractivity contribution in [1.82, 2.24) is 9.88 Å². The number of ether oxygens (including phenoxy) is 1. The van der Waals surface area contributed by atoms with E-state index in [1.54, 1.807) is 11.3 Å². The van der Waals surface area contributed by atoms with Crippen LogP contribution in [0.5, 0.6) is 0 Å². The van der Waals surface area contributed by atoms with E-state index >= 15 is 0 Å². The second-order valence-electron chi connectivity index (χ2n) is 6.31. The van der Waals surface area contributed by atoms with Gasteiger partial charge in [-0.2, -0.15) is 0 Å². The molecule has 2 aliphatic heterocycles. The van der Waals surface area contributed by atoms with Crippen molar-refractivity contribution in [3.8, 4) is 0 Å². The average molecular weight is 366 g/mol. The highest BCUT2D eigenvalue weighted by Gasteiger charge is 2.30. The van der Waals surface area contributed by atoms with E-state index in [9.17, 15) is 4.79 Å². The van der Waals surface area contributed by atoms with E-state index in [1.807, 2.05) is 23.1 Å². The lowest BCUT2D eigenvalue weighted by Gasteiger charge is -2.35. The van der Waals surface area contributed by atoms with Gasteiger partial charge in [0.2, 0.25) is 5.91 Å². The van der Waals surface area contributed by atoms with Gasteiger partial charge in [-0.05, 0) is 31.0 Å². The van der Waals surface area contributed by atoms with Gasteiger partial charge in [-0.1, -0.05) is 22.9 Å². The molecule has 0 aliphatic carbocycles. The number of halogens is 1. The molecule has 0 unspecified atom stereocenters. The Morgan fingerprint density at radius 3 is 2.71 bits per heavy atom. The molecule has 24 heavy (non-hydrogen) atoms. The summed E-state index contributed by atoms with van der Waals surface area (Å²) in [6.07, 6.45) is 1.79. The number of hydrogen-bond acceptors (Lipinski definition) is 5. The third kappa shape index (κ3) is 3.23. The molecule has 0 atom stereocenters. The minimum atomic E-state index is 0.142. The molecule has 2 aliphatic rings. The van der Waals surface area contributed by atoms with Crippen LogP contribution in [0.3, 0.4) is 0 Å². The summed E-state index contributed by atoms with van der Waals surface area (Å²) in [5.41, 5.74) is 0.992. The lowest BCUT2D eigenvalue weighted by molar-refractivity contribution is -0.140. The summed E-state index contributed by atoms with van der Waals surface area (Å²) >= 11 is 7.73. The van der Waals surface area contributed by atoms with Crippen LogP contribution >= 0.6 is 22.9 Å². The van der Waals surface area contributed by atoms with Crippen molar-refractivity contribution >= 4 is 44.2 Å². The van der Waals surface area contributed by atoms with Crippen LogP contribution in [0.1, 0.15) is 12.8 Å². The maximum Gasteiger partial charge on any atom is 0.225 e. The minimum Gasteiger partial charge on any atom is -0.378 e. The first-order chi connectivity index (χ1) is 11.7. The third-order valence-corrected chi connectivity index (χ3v) is 6.09. The standard InChI is InChI=1S/C17H20ClN3O2S/c18-13-1-2-14-15(11-13)24-17(19-14)21-5-3-12(4-6-21)16(22)20-7-9-23-10-8-20/h1-2,11-12H,3-10H2. The molecule has 2 aromatic rings. The van der Waals surface area contributed by atoms with Gasteiger partial charge in [-0.15, -0.1) is 0 Å². The van der Waals surface area contributed by atoms with Crippen LogP contribution in [-0.4, -0.2) is 55.2 Å². The summed E-state index contributed by atoms with van der Waals surface area (Å²) in [5, 5.41) is 1.78. The van der Waals surface area contributed by atoms with Gasteiger partial charge in [0.25, 0.3) is 0 Å². The second kappa shape index (κ2) is 6.86. The number of thiazole rings is 1. The Morgan fingerprint density at radius 1 is 1.21 bits per heavy atom. The maximum absolute atomic E-state index is 12.6. The number of hydrogen-bond donors (Lipinski definition) is 0. The number of fused-ring (bicyclic) bond motifs is 1. The molecule has 2 saturated heterocycles. The number of amides is 1. The smallest absolute Gasteiger partial charge is 0.225 e. The number of carbonyl (C=O) groups excluding carboxylic acids is 1. The van der Waals surface area contributed by atoms with Crippen LogP contribution in [0.15, 0.2) is 18.2 Å². The molecular formula is C17H20ClN3O2S. The number of benzene rings is 1. The Bertz CT molecular complexity index is 737. The monoisotopic (exact) mass is 365 g/mol. The van der Waals surface area contributed by atoms with Crippen LogP contribution in [0, 0.1) is 5.92 Å². The van der Waals surface area contributed by atoms with Crippen molar-refractivity contribution in [2.75, 3.05) is 44.3 Å². The minimum absolute atomic E-state index is 0.142. The molecular weight excluding hydrogens is 346 g/mol. The van der Waals surface area contributed by atoms with Crippen LogP contribution in [0.25, 0.3) is 10.2 Å². The summed E-state index contributed by atoms with van der Waals surface area (Å²) < 4.78 is 6.45. The quantitative estimate of drug-likeness (QED) is 0.820. The van der Waals surface area contributed by atoms with Gasteiger partial charge in [0.1, 0.15) is 0 Å². The van der Waals surface area contributed by atoms with Crippen molar-refractivity contribution in [3.05, 3.63) is 23.2 Å². The molecule has 5 nitrogen and oxygen atoms in total. The van der Waals surface area contributed by atoms with E-state index in [2.05, 4.69) is 4.90 Å². The largest absolute Gasteiger partial charge is 0.378 e. The fourth-order valence-corrected chi connectivity index (χ4v) is 4.67. The molecule has 7 heteroatoms. The predicted molar refractivity (Wildman–Crippen MR) is 97.0 cm³/mol.